The van der Waals surface area contributed by atoms with Crippen LogP contribution in [-0.4, -0.2) is 24.4 Å². The second kappa shape index (κ2) is 2.90. The third kappa shape index (κ3) is 1.30. The quantitative estimate of drug-likeness (QED) is 0.663. The topological polar surface area (TPSA) is 0 Å². The van der Waals surface area contributed by atoms with Gasteiger partial charge in [0.25, 0.3) is 0 Å². The summed E-state index contributed by atoms with van der Waals surface area (Å²) in [6.45, 7) is 0. The van der Waals surface area contributed by atoms with Crippen LogP contribution in [-0.2, 0) is 0 Å². The summed E-state index contributed by atoms with van der Waals surface area (Å²) in [5, 5.41) is 2.77. The van der Waals surface area contributed by atoms with Gasteiger partial charge in [-0.15, -0.1) is 0 Å². The van der Waals surface area contributed by atoms with Crippen molar-refractivity contribution in [2.45, 2.75) is 0 Å². The normalized spacial score (nSPS) is 10.2. The summed E-state index contributed by atoms with van der Waals surface area (Å²) in [5.74, 6) is 0. The molecule has 0 aliphatic heterocycles. The fraction of sp³-hybridized carbons (Fsp3) is 0. The fourth-order valence-electron chi connectivity index (χ4n) is 1.25. The van der Waals surface area contributed by atoms with Crippen molar-refractivity contribution >= 4 is 38.5 Å². The number of fused-ring (bicyclic) bond motifs is 1. The molecule has 0 heterocycles. The monoisotopic (exact) mass is 244 g/mol. The van der Waals surface area contributed by atoms with Crippen molar-refractivity contribution in [3.8, 4) is 0 Å². The molecule has 2 radical (unpaired) electrons. The van der Waals surface area contributed by atoms with Crippen LogP contribution in [0.25, 0.3) is 10.8 Å². The van der Waals surface area contributed by atoms with Crippen molar-refractivity contribution in [2.75, 3.05) is 0 Å². The van der Waals surface area contributed by atoms with Crippen molar-refractivity contribution < 1.29 is 2.85 Å². The molecule has 0 spiro atoms. The van der Waals surface area contributed by atoms with E-state index < -0.39 is 0 Å². The molecule has 0 atom stereocenters. The zero-order valence-corrected chi connectivity index (χ0v) is 9.41. The van der Waals surface area contributed by atoms with E-state index in [1.807, 2.05) is 0 Å². The number of rotatable bonds is 0. The van der Waals surface area contributed by atoms with Gasteiger partial charge >= 0.3 is 80.9 Å². The minimum absolute atomic E-state index is 0. The Labute approximate surface area is 83.8 Å². The first-order chi connectivity index (χ1) is 5.38. The molecule has 0 amide bonds. The molecule has 0 nitrogen and oxygen atoms in total. The van der Waals surface area contributed by atoms with Crippen LogP contribution in [0.15, 0.2) is 42.5 Å². The SMILES string of the molecule is [H-].[H-].[In][c]1cccc2ccccc12. The van der Waals surface area contributed by atoms with Gasteiger partial charge < -0.3 is 2.85 Å². The number of benzene rings is 2. The van der Waals surface area contributed by atoms with Gasteiger partial charge in [-0.3, -0.25) is 0 Å². The zero-order valence-electron chi connectivity index (χ0n) is 8.12. The predicted molar refractivity (Wildman–Crippen MR) is 51.6 cm³/mol. The van der Waals surface area contributed by atoms with Crippen molar-refractivity contribution in [1.82, 2.24) is 0 Å². The Hall–Kier alpha value is -0.430. The van der Waals surface area contributed by atoms with E-state index in [4.69, 9.17) is 0 Å². The van der Waals surface area contributed by atoms with Gasteiger partial charge in [0.05, 0.1) is 0 Å². The first-order valence-electron chi connectivity index (χ1n) is 3.61. The fourth-order valence-corrected chi connectivity index (χ4v) is 2.32. The number of hydrogen-bond acceptors (Lipinski definition) is 0. The first-order valence-corrected chi connectivity index (χ1v) is 5.26. The van der Waals surface area contributed by atoms with Gasteiger partial charge in [0.15, 0.2) is 0 Å². The molecule has 0 unspecified atom stereocenters. The predicted octanol–water partition coefficient (Wildman–Crippen LogP) is 1.86. The molecule has 0 aromatic heterocycles. The van der Waals surface area contributed by atoms with Crippen molar-refractivity contribution in [1.29, 1.82) is 0 Å². The Kier molecular flexibility index (Phi) is 1.91. The molecule has 0 saturated carbocycles. The van der Waals surface area contributed by atoms with Gasteiger partial charge in [0.1, 0.15) is 0 Å². The zero-order chi connectivity index (χ0) is 7.68. The minimum atomic E-state index is 0. The second-order valence-electron chi connectivity index (χ2n) is 2.57. The Morgan fingerprint density at radius 1 is 0.909 bits per heavy atom. The van der Waals surface area contributed by atoms with Crippen molar-refractivity contribution in [2.24, 2.45) is 0 Å². The van der Waals surface area contributed by atoms with E-state index in [0.29, 0.717) is 0 Å². The van der Waals surface area contributed by atoms with E-state index in [-0.39, 0.29) is 2.85 Å². The van der Waals surface area contributed by atoms with Crippen molar-refractivity contribution in [3.05, 3.63) is 42.5 Å². The molecule has 0 fully saturated rings. The number of hydrogen-bond donors (Lipinski definition) is 0. The summed E-state index contributed by atoms with van der Waals surface area (Å²) in [6.07, 6.45) is 0. The molecule has 0 aliphatic carbocycles. The van der Waals surface area contributed by atoms with Gasteiger partial charge in [-0.05, 0) is 0 Å². The van der Waals surface area contributed by atoms with Gasteiger partial charge in [-0.25, -0.2) is 0 Å². The van der Waals surface area contributed by atoms with E-state index in [1.165, 1.54) is 38.5 Å². The van der Waals surface area contributed by atoms with Gasteiger partial charge in [-0.1, -0.05) is 0 Å². The van der Waals surface area contributed by atoms with Crippen molar-refractivity contribution in [3.63, 3.8) is 0 Å². The molecule has 1 heteroatoms. The van der Waals surface area contributed by atoms with E-state index in [0.717, 1.165) is 0 Å². The van der Waals surface area contributed by atoms with Gasteiger partial charge in [-0.2, -0.15) is 0 Å². The molecular weight excluding hydrogens is 235 g/mol. The molecule has 0 aliphatic rings. The molecule has 2 aromatic rings. The molecule has 54 valence electrons. The molecule has 0 bridgehead atoms. The summed E-state index contributed by atoms with van der Waals surface area (Å²) in [5.41, 5.74) is 0. The van der Waals surface area contributed by atoms with Crippen LogP contribution in [0.2, 0.25) is 0 Å². The molecular formula is C10H9In-2. The maximum atomic E-state index is 2.20. The second-order valence-corrected chi connectivity index (χ2v) is 4.34. The van der Waals surface area contributed by atoms with Crippen LogP contribution in [0.3, 0.4) is 0 Å². The molecule has 11 heavy (non-hydrogen) atoms. The molecule has 0 N–H and O–H groups in total. The van der Waals surface area contributed by atoms with Crippen LogP contribution < -0.4 is 3.32 Å². The average molecular weight is 244 g/mol. The van der Waals surface area contributed by atoms with Crippen LogP contribution in [0, 0.1) is 0 Å². The van der Waals surface area contributed by atoms with E-state index in [1.54, 1.807) is 0 Å². The average Bonchev–Trinajstić information content (AvgIpc) is 2.06. The Bertz CT molecular complexity index is 382. The Morgan fingerprint density at radius 3 is 2.45 bits per heavy atom. The summed E-state index contributed by atoms with van der Waals surface area (Å²) in [4.78, 5) is 0. The van der Waals surface area contributed by atoms with Crippen LogP contribution in [0.4, 0.5) is 0 Å². The third-order valence-electron chi connectivity index (χ3n) is 1.82. The van der Waals surface area contributed by atoms with E-state index in [2.05, 4.69) is 42.5 Å². The summed E-state index contributed by atoms with van der Waals surface area (Å²) in [6, 6.07) is 15.0. The van der Waals surface area contributed by atoms with E-state index in [9.17, 15) is 0 Å². The van der Waals surface area contributed by atoms with Crippen LogP contribution >= 0.6 is 0 Å². The maximum absolute atomic E-state index is 2.20. The van der Waals surface area contributed by atoms with Crippen LogP contribution in [0.1, 0.15) is 2.85 Å². The van der Waals surface area contributed by atoms with Crippen LogP contribution in [0.5, 0.6) is 0 Å². The Balaban J connectivity index is 0.000000720. The van der Waals surface area contributed by atoms with E-state index >= 15 is 0 Å². The summed E-state index contributed by atoms with van der Waals surface area (Å²) < 4.78 is 1.48. The molecule has 0 saturated heterocycles. The third-order valence-corrected chi connectivity index (χ3v) is 3.26. The standard InChI is InChI=1S/C10H7.In.2H/c1-2-6-10-8-4-3-7-9(10)5-1;;;/h1-7H;;;/q;;2*-1. The molecule has 2 rings (SSSR count). The van der Waals surface area contributed by atoms with Gasteiger partial charge in [0.2, 0.25) is 0 Å². The summed E-state index contributed by atoms with van der Waals surface area (Å²) >= 11 is 1.20. The van der Waals surface area contributed by atoms with Gasteiger partial charge in [0, 0.05) is 0 Å². The first kappa shape index (κ1) is 7.23. The Morgan fingerprint density at radius 2 is 1.64 bits per heavy atom. The summed E-state index contributed by atoms with van der Waals surface area (Å²) in [7, 11) is 0. The molecule has 2 aromatic carbocycles.